The molecule has 3 heteroatoms. The van der Waals surface area contributed by atoms with Crippen LogP contribution in [0.2, 0.25) is 0 Å². The molecule has 17 heavy (non-hydrogen) atoms. The third kappa shape index (κ3) is 5.76. The number of hydrogen-bond donors (Lipinski definition) is 0. The highest BCUT2D eigenvalue weighted by Gasteiger charge is 1.95. The molecule has 0 aliphatic heterocycles. The van der Waals surface area contributed by atoms with Crippen LogP contribution in [0.15, 0.2) is 29.8 Å². The Hall–Kier alpha value is -0.990. The molecule has 0 aromatic heterocycles. The Bertz CT molecular complexity index is 357. The lowest BCUT2D eigenvalue weighted by molar-refractivity contribution is 0.261. The third-order valence-electron chi connectivity index (χ3n) is 2.31. The van der Waals surface area contributed by atoms with E-state index in [4.69, 9.17) is 16.3 Å². The fraction of sp³-hybridized carbons (Fsp3) is 0.429. The molecule has 0 aliphatic rings. The van der Waals surface area contributed by atoms with Gasteiger partial charge >= 0.3 is 0 Å². The molecule has 0 unspecified atom stereocenters. The summed E-state index contributed by atoms with van der Waals surface area (Å²) in [6.07, 6.45) is 2.08. The summed E-state index contributed by atoms with van der Waals surface area (Å²) < 4.78 is 5.61. The van der Waals surface area contributed by atoms with Crippen LogP contribution < -0.4 is 4.74 Å². The van der Waals surface area contributed by atoms with E-state index >= 15 is 0 Å². The number of hydrogen-bond acceptors (Lipinski definition) is 2. The number of halogens is 1. The summed E-state index contributed by atoms with van der Waals surface area (Å²) in [5.41, 5.74) is 2.32. The van der Waals surface area contributed by atoms with Gasteiger partial charge in [-0.05, 0) is 38.7 Å². The lowest BCUT2D eigenvalue weighted by Gasteiger charge is -2.11. The first-order chi connectivity index (χ1) is 8.11. The van der Waals surface area contributed by atoms with Crippen LogP contribution in [0.1, 0.15) is 12.5 Å². The van der Waals surface area contributed by atoms with Gasteiger partial charge in [0.15, 0.2) is 0 Å². The molecular formula is C14H20ClNO. The molecule has 0 aliphatic carbocycles. The van der Waals surface area contributed by atoms with Crippen molar-refractivity contribution < 1.29 is 4.74 Å². The Labute approximate surface area is 109 Å². The predicted molar refractivity (Wildman–Crippen MR) is 74.9 cm³/mol. The first-order valence-electron chi connectivity index (χ1n) is 5.72. The van der Waals surface area contributed by atoms with E-state index in [-0.39, 0.29) is 0 Å². The monoisotopic (exact) mass is 253 g/mol. The zero-order chi connectivity index (χ0) is 12.7. The number of rotatable bonds is 6. The first-order valence-corrected chi connectivity index (χ1v) is 6.26. The fourth-order valence-corrected chi connectivity index (χ4v) is 1.41. The van der Waals surface area contributed by atoms with Gasteiger partial charge in [-0.1, -0.05) is 23.8 Å². The number of ether oxygens (including phenoxy) is 1. The molecule has 0 fully saturated rings. The Balaban J connectivity index is 2.50. The van der Waals surface area contributed by atoms with Gasteiger partial charge in [0, 0.05) is 12.4 Å². The summed E-state index contributed by atoms with van der Waals surface area (Å²) in [5, 5.41) is 0. The van der Waals surface area contributed by atoms with Crippen molar-refractivity contribution >= 4 is 17.7 Å². The van der Waals surface area contributed by atoms with E-state index in [1.54, 1.807) is 0 Å². The standard InChI is InChI=1S/C14H20ClNO/c1-12(11-15)10-13-4-6-14(7-5-13)17-9-8-16(2)3/h4-7,10H,8-9,11H2,1-3H3. The highest BCUT2D eigenvalue weighted by molar-refractivity contribution is 6.19. The molecule has 0 amide bonds. The Morgan fingerprint density at radius 3 is 2.47 bits per heavy atom. The lowest BCUT2D eigenvalue weighted by atomic mass is 10.1. The van der Waals surface area contributed by atoms with Crippen LogP contribution in [0.4, 0.5) is 0 Å². The SMILES string of the molecule is CC(=Cc1ccc(OCCN(C)C)cc1)CCl. The van der Waals surface area contributed by atoms with Crippen molar-refractivity contribution in [1.82, 2.24) is 4.90 Å². The van der Waals surface area contributed by atoms with Crippen LogP contribution in [0.5, 0.6) is 5.75 Å². The second kappa shape index (κ2) is 7.36. The van der Waals surface area contributed by atoms with Gasteiger partial charge in [0.2, 0.25) is 0 Å². The number of alkyl halides is 1. The van der Waals surface area contributed by atoms with Crippen molar-refractivity contribution in [3.63, 3.8) is 0 Å². The van der Waals surface area contributed by atoms with E-state index in [2.05, 4.69) is 11.0 Å². The predicted octanol–water partition coefficient (Wildman–Crippen LogP) is 3.27. The smallest absolute Gasteiger partial charge is 0.119 e. The van der Waals surface area contributed by atoms with Crippen LogP contribution in [-0.4, -0.2) is 38.0 Å². The van der Waals surface area contributed by atoms with E-state index < -0.39 is 0 Å². The summed E-state index contributed by atoms with van der Waals surface area (Å²) in [5.74, 6) is 1.48. The zero-order valence-electron chi connectivity index (χ0n) is 10.7. The number of allylic oxidation sites excluding steroid dienone is 1. The normalized spacial score (nSPS) is 11.9. The molecular weight excluding hydrogens is 234 g/mol. The summed E-state index contributed by atoms with van der Waals surface area (Å²) >= 11 is 5.73. The Morgan fingerprint density at radius 1 is 1.29 bits per heavy atom. The highest BCUT2D eigenvalue weighted by atomic mass is 35.5. The maximum Gasteiger partial charge on any atom is 0.119 e. The second-order valence-corrected chi connectivity index (χ2v) is 4.61. The van der Waals surface area contributed by atoms with Gasteiger partial charge in [0.25, 0.3) is 0 Å². The van der Waals surface area contributed by atoms with E-state index in [0.29, 0.717) is 12.5 Å². The Morgan fingerprint density at radius 2 is 1.94 bits per heavy atom. The molecule has 1 rings (SSSR count). The molecule has 94 valence electrons. The molecule has 0 bridgehead atoms. The molecule has 0 saturated carbocycles. The molecule has 1 aromatic rings. The van der Waals surface area contributed by atoms with Crippen LogP contribution in [0.3, 0.4) is 0 Å². The Kier molecular flexibility index (Phi) is 6.09. The van der Waals surface area contributed by atoms with Gasteiger partial charge < -0.3 is 9.64 Å². The molecule has 0 radical (unpaired) electrons. The number of likely N-dealkylation sites (N-methyl/N-ethyl adjacent to an activating group) is 1. The summed E-state index contributed by atoms with van der Waals surface area (Å²) in [7, 11) is 4.07. The molecule has 0 N–H and O–H groups in total. The van der Waals surface area contributed by atoms with E-state index in [0.717, 1.165) is 23.4 Å². The maximum absolute atomic E-state index is 5.73. The van der Waals surface area contributed by atoms with Gasteiger partial charge in [-0.15, -0.1) is 11.6 Å². The van der Waals surface area contributed by atoms with Crippen LogP contribution in [0, 0.1) is 0 Å². The minimum absolute atomic E-state index is 0.571. The summed E-state index contributed by atoms with van der Waals surface area (Å²) in [6.45, 7) is 3.66. The third-order valence-corrected chi connectivity index (χ3v) is 2.73. The zero-order valence-corrected chi connectivity index (χ0v) is 11.5. The minimum Gasteiger partial charge on any atom is -0.492 e. The topological polar surface area (TPSA) is 12.5 Å². The van der Waals surface area contributed by atoms with Crippen molar-refractivity contribution in [2.75, 3.05) is 33.1 Å². The van der Waals surface area contributed by atoms with E-state index in [1.807, 2.05) is 45.3 Å². The average molecular weight is 254 g/mol. The van der Waals surface area contributed by atoms with Crippen LogP contribution >= 0.6 is 11.6 Å². The van der Waals surface area contributed by atoms with E-state index in [9.17, 15) is 0 Å². The van der Waals surface area contributed by atoms with Crippen LogP contribution in [-0.2, 0) is 0 Å². The average Bonchev–Trinajstić information content (AvgIpc) is 2.31. The number of benzene rings is 1. The van der Waals surface area contributed by atoms with E-state index in [1.165, 1.54) is 0 Å². The van der Waals surface area contributed by atoms with Crippen molar-refractivity contribution in [1.29, 1.82) is 0 Å². The molecule has 0 heterocycles. The molecule has 1 aromatic carbocycles. The fourth-order valence-electron chi connectivity index (χ4n) is 1.33. The molecule has 0 spiro atoms. The lowest BCUT2D eigenvalue weighted by Crippen LogP contribution is -2.19. The molecule has 0 atom stereocenters. The van der Waals surface area contributed by atoms with Gasteiger partial charge in [-0.3, -0.25) is 0 Å². The maximum atomic E-state index is 5.73. The second-order valence-electron chi connectivity index (χ2n) is 4.35. The van der Waals surface area contributed by atoms with Crippen molar-refractivity contribution in [2.24, 2.45) is 0 Å². The minimum atomic E-state index is 0.571. The summed E-state index contributed by atoms with van der Waals surface area (Å²) in [6, 6.07) is 8.06. The summed E-state index contributed by atoms with van der Waals surface area (Å²) in [4.78, 5) is 2.10. The van der Waals surface area contributed by atoms with Gasteiger partial charge in [0.05, 0.1) is 0 Å². The van der Waals surface area contributed by atoms with Crippen molar-refractivity contribution in [2.45, 2.75) is 6.92 Å². The van der Waals surface area contributed by atoms with Crippen molar-refractivity contribution in [3.05, 3.63) is 35.4 Å². The molecule has 0 saturated heterocycles. The largest absolute Gasteiger partial charge is 0.492 e. The van der Waals surface area contributed by atoms with Crippen molar-refractivity contribution in [3.8, 4) is 5.75 Å². The highest BCUT2D eigenvalue weighted by Crippen LogP contribution is 2.14. The quantitative estimate of drug-likeness (QED) is 0.722. The first kappa shape index (κ1) is 14.1. The van der Waals surface area contributed by atoms with Gasteiger partial charge in [0.1, 0.15) is 12.4 Å². The number of nitrogens with zero attached hydrogens (tertiary/aromatic N) is 1. The molecule has 2 nitrogen and oxygen atoms in total. The van der Waals surface area contributed by atoms with Gasteiger partial charge in [-0.25, -0.2) is 0 Å². The van der Waals surface area contributed by atoms with Gasteiger partial charge in [-0.2, -0.15) is 0 Å². The van der Waals surface area contributed by atoms with Crippen LogP contribution in [0.25, 0.3) is 6.08 Å².